The Morgan fingerprint density at radius 2 is 2.62 bits per heavy atom. The van der Waals surface area contributed by atoms with Crippen LogP contribution >= 0.6 is 11.8 Å². The molecule has 1 heterocycles. The second-order valence-electron chi connectivity index (χ2n) is 1.96. The van der Waals surface area contributed by atoms with E-state index >= 15 is 0 Å². The van der Waals surface area contributed by atoms with Gasteiger partial charge in [0.05, 0.1) is 6.61 Å². The summed E-state index contributed by atoms with van der Waals surface area (Å²) >= 11 is 1.94. The lowest BCUT2D eigenvalue weighted by Crippen LogP contribution is -1.98. The fraction of sp³-hybridized carbons (Fsp3) is 1.00. The molecule has 1 unspecified atom stereocenters. The van der Waals surface area contributed by atoms with Crippen molar-refractivity contribution in [2.45, 2.75) is 25.2 Å². The van der Waals surface area contributed by atoms with Gasteiger partial charge < -0.3 is 4.74 Å². The lowest BCUT2D eigenvalue weighted by molar-refractivity contribution is 0.136. The summed E-state index contributed by atoms with van der Waals surface area (Å²) in [6.07, 6.45) is 2.47. The molecule has 0 bridgehead atoms. The summed E-state index contributed by atoms with van der Waals surface area (Å²) in [5, 5.41) is 0. The standard InChI is InChI=1S/C6H12OS/c1-2-3-6-7-4-5-8-6/h6H,2-5H2,1H3. The number of hydrogen-bond donors (Lipinski definition) is 0. The minimum absolute atomic E-state index is 0.528. The third-order valence-corrected chi connectivity index (χ3v) is 2.36. The van der Waals surface area contributed by atoms with Crippen LogP contribution in [0.15, 0.2) is 0 Å². The number of rotatable bonds is 2. The van der Waals surface area contributed by atoms with E-state index in [9.17, 15) is 0 Å². The molecule has 0 amide bonds. The van der Waals surface area contributed by atoms with Crippen molar-refractivity contribution in [3.63, 3.8) is 0 Å². The zero-order valence-electron chi connectivity index (χ0n) is 5.22. The third-order valence-electron chi connectivity index (χ3n) is 1.22. The van der Waals surface area contributed by atoms with Crippen LogP contribution in [0, 0.1) is 0 Å². The quantitative estimate of drug-likeness (QED) is 0.567. The molecule has 0 saturated carbocycles. The normalized spacial score (nSPS) is 28.9. The molecule has 0 aromatic carbocycles. The Hall–Kier alpha value is 0.310. The Labute approximate surface area is 54.8 Å². The van der Waals surface area contributed by atoms with E-state index in [0.717, 1.165) is 6.61 Å². The molecule has 0 N–H and O–H groups in total. The lowest BCUT2D eigenvalue weighted by Gasteiger charge is -2.03. The average molecular weight is 132 g/mol. The first-order valence-corrected chi connectivity index (χ1v) is 4.21. The van der Waals surface area contributed by atoms with E-state index in [1.165, 1.54) is 18.6 Å². The van der Waals surface area contributed by atoms with Gasteiger partial charge in [-0.1, -0.05) is 13.3 Å². The molecule has 8 heavy (non-hydrogen) atoms. The molecule has 2 heteroatoms. The molecule has 1 aliphatic heterocycles. The summed E-state index contributed by atoms with van der Waals surface area (Å²) in [5.41, 5.74) is 0.528. The van der Waals surface area contributed by atoms with Gasteiger partial charge in [-0.25, -0.2) is 0 Å². The largest absolute Gasteiger partial charge is 0.367 e. The lowest BCUT2D eigenvalue weighted by atomic mass is 10.4. The Morgan fingerprint density at radius 1 is 1.75 bits per heavy atom. The molecular formula is C6H12OS. The molecule has 0 spiro atoms. The van der Waals surface area contributed by atoms with E-state index in [2.05, 4.69) is 6.92 Å². The molecule has 1 fully saturated rings. The Balaban J connectivity index is 2.06. The minimum Gasteiger partial charge on any atom is -0.367 e. The maximum atomic E-state index is 5.36. The summed E-state index contributed by atoms with van der Waals surface area (Å²) in [6.45, 7) is 3.16. The van der Waals surface area contributed by atoms with Crippen LogP contribution in [-0.2, 0) is 4.74 Å². The van der Waals surface area contributed by atoms with E-state index in [4.69, 9.17) is 4.74 Å². The van der Waals surface area contributed by atoms with Crippen LogP contribution in [-0.4, -0.2) is 17.8 Å². The maximum absolute atomic E-state index is 5.36. The SMILES string of the molecule is CCCC1OCCS1. The van der Waals surface area contributed by atoms with E-state index in [0.29, 0.717) is 5.44 Å². The zero-order valence-corrected chi connectivity index (χ0v) is 6.04. The van der Waals surface area contributed by atoms with Crippen molar-refractivity contribution in [2.75, 3.05) is 12.4 Å². The Bertz CT molecular complexity index is 59.5. The second-order valence-corrected chi connectivity index (χ2v) is 3.23. The van der Waals surface area contributed by atoms with Gasteiger partial charge in [0.25, 0.3) is 0 Å². The molecule has 1 rings (SSSR count). The first kappa shape index (κ1) is 6.43. The predicted octanol–water partition coefficient (Wildman–Crippen LogP) is 1.88. The summed E-state index contributed by atoms with van der Waals surface area (Å²) in [7, 11) is 0. The highest BCUT2D eigenvalue weighted by Crippen LogP contribution is 2.23. The van der Waals surface area contributed by atoms with Gasteiger partial charge in [-0.2, -0.15) is 0 Å². The molecule has 0 aromatic rings. The van der Waals surface area contributed by atoms with Crippen LogP contribution in [0.4, 0.5) is 0 Å². The fourth-order valence-corrected chi connectivity index (χ4v) is 1.86. The van der Waals surface area contributed by atoms with Crippen molar-refractivity contribution < 1.29 is 4.74 Å². The van der Waals surface area contributed by atoms with Crippen molar-refractivity contribution in [3.8, 4) is 0 Å². The molecule has 1 nitrogen and oxygen atoms in total. The van der Waals surface area contributed by atoms with Crippen LogP contribution in [0.1, 0.15) is 19.8 Å². The van der Waals surface area contributed by atoms with E-state index < -0.39 is 0 Å². The monoisotopic (exact) mass is 132 g/mol. The molecular weight excluding hydrogens is 120 g/mol. The highest BCUT2D eigenvalue weighted by Gasteiger charge is 2.13. The zero-order chi connectivity index (χ0) is 5.82. The number of hydrogen-bond acceptors (Lipinski definition) is 2. The summed E-state index contributed by atoms with van der Waals surface area (Å²) in [6, 6.07) is 0. The third kappa shape index (κ3) is 1.67. The molecule has 48 valence electrons. The van der Waals surface area contributed by atoms with Crippen molar-refractivity contribution in [1.82, 2.24) is 0 Å². The number of thioether (sulfide) groups is 1. The van der Waals surface area contributed by atoms with E-state index in [1.54, 1.807) is 0 Å². The van der Waals surface area contributed by atoms with E-state index in [-0.39, 0.29) is 0 Å². The molecule has 1 atom stereocenters. The topological polar surface area (TPSA) is 9.23 Å². The van der Waals surface area contributed by atoms with Crippen molar-refractivity contribution in [1.29, 1.82) is 0 Å². The van der Waals surface area contributed by atoms with Gasteiger partial charge in [-0.3, -0.25) is 0 Å². The molecule has 0 aliphatic carbocycles. The average Bonchev–Trinajstić information content (AvgIpc) is 2.19. The van der Waals surface area contributed by atoms with Crippen LogP contribution in [0.2, 0.25) is 0 Å². The molecule has 0 radical (unpaired) electrons. The maximum Gasteiger partial charge on any atom is 0.103 e. The minimum atomic E-state index is 0.528. The van der Waals surface area contributed by atoms with Crippen LogP contribution in [0.25, 0.3) is 0 Å². The van der Waals surface area contributed by atoms with Gasteiger partial charge in [0.15, 0.2) is 0 Å². The Morgan fingerprint density at radius 3 is 3.12 bits per heavy atom. The molecule has 1 saturated heterocycles. The summed E-state index contributed by atoms with van der Waals surface area (Å²) < 4.78 is 5.36. The van der Waals surface area contributed by atoms with Crippen LogP contribution < -0.4 is 0 Å². The highest BCUT2D eigenvalue weighted by atomic mass is 32.2. The first-order chi connectivity index (χ1) is 3.93. The molecule has 0 aromatic heterocycles. The van der Waals surface area contributed by atoms with Crippen molar-refractivity contribution in [3.05, 3.63) is 0 Å². The van der Waals surface area contributed by atoms with E-state index in [1.807, 2.05) is 11.8 Å². The predicted molar refractivity (Wildman–Crippen MR) is 37.1 cm³/mol. The van der Waals surface area contributed by atoms with Crippen molar-refractivity contribution >= 4 is 11.8 Å². The van der Waals surface area contributed by atoms with Crippen LogP contribution in [0.5, 0.6) is 0 Å². The fourth-order valence-electron chi connectivity index (χ4n) is 0.810. The Kier molecular flexibility index (Phi) is 2.70. The van der Waals surface area contributed by atoms with Gasteiger partial charge in [-0.05, 0) is 6.42 Å². The summed E-state index contributed by atoms with van der Waals surface area (Å²) in [4.78, 5) is 0. The smallest absolute Gasteiger partial charge is 0.103 e. The van der Waals surface area contributed by atoms with Crippen molar-refractivity contribution in [2.24, 2.45) is 0 Å². The number of ether oxygens (including phenoxy) is 1. The molecule has 1 aliphatic rings. The van der Waals surface area contributed by atoms with Gasteiger partial charge in [0.1, 0.15) is 5.44 Å². The van der Waals surface area contributed by atoms with Gasteiger partial charge in [0.2, 0.25) is 0 Å². The van der Waals surface area contributed by atoms with Gasteiger partial charge in [-0.15, -0.1) is 11.8 Å². The first-order valence-electron chi connectivity index (χ1n) is 3.16. The van der Waals surface area contributed by atoms with Crippen LogP contribution in [0.3, 0.4) is 0 Å². The summed E-state index contributed by atoms with van der Waals surface area (Å²) in [5.74, 6) is 1.20. The van der Waals surface area contributed by atoms with Gasteiger partial charge in [0, 0.05) is 5.75 Å². The van der Waals surface area contributed by atoms with Gasteiger partial charge >= 0.3 is 0 Å². The highest BCUT2D eigenvalue weighted by molar-refractivity contribution is 7.99. The second kappa shape index (κ2) is 3.36.